The predicted molar refractivity (Wildman–Crippen MR) is 144 cm³/mol. The van der Waals surface area contributed by atoms with Gasteiger partial charge in [0.25, 0.3) is 5.91 Å². The number of hydrogen-bond acceptors (Lipinski definition) is 6. The van der Waals surface area contributed by atoms with Gasteiger partial charge < -0.3 is 24.5 Å². The molecule has 1 saturated heterocycles. The molecule has 2 aliphatic heterocycles. The second-order valence-corrected chi connectivity index (χ2v) is 10.3. The van der Waals surface area contributed by atoms with Gasteiger partial charge in [0.2, 0.25) is 0 Å². The number of nitrogens with one attached hydrogen (secondary N) is 1. The number of hydrogen-bond donors (Lipinski definition) is 2. The van der Waals surface area contributed by atoms with E-state index in [2.05, 4.69) is 16.8 Å². The smallest absolute Gasteiger partial charge is 0.328 e. The molecule has 0 saturated carbocycles. The summed E-state index contributed by atoms with van der Waals surface area (Å²) in [5.74, 6) is 0.653. The zero-order valence-corrected chi connectivity index (χ0v) is 22.5. The number of H-pyrrole nitrogens is 1. The van der Waals surface area contributed by atoms with Crippen molar-refractivity contribution in [3.05, 3.63) is 59.3 Å². The average Bonchev–Trinajstić information content (AvgIpc) is 3.36. The number of carbonyl (C=O) groups excluding carboxylic acids is 2. The lowest BCUT2D eigenvalue weighted by Crippen LogP contribution is -2.53. The van der Waals surface area contributed by atoms with Gasteiger partial charge in [-0.3, -0.25) is 14.6 Å². The minimum absolute atomic E-state index is 0.111. The summed E-state index contributed by atoms with van der Waals surface area (Å²) in [6.07, 6.45) is 1.07. The maximum Gasteiger partial charge on any atom is 0.328 e. The van der Waals surface area contributed by atoms with Crippen LogP contribution in [0, 0.1) is 0 Å². The Hall–Kier alpha value is -3.56. The molecule has 2 aromatic carbocycles. The summed E-state index contributed by atoms with van der Waals surface area (Å²) in [5.41, 5.74) is 2.45. The van der Waals surface area contributed by atoms with Gasteiger partial charge in [0, 0.05) is 43.2 Å². The highest BCUT2D eigenvalue weighted by Gasteiger charge is 2.60. The molecule has 1 aromatic heterocycles. The van der Waals surface area contributed by atoms with Crippen molar-refractivity contribution in [3.63, 3.8) is 0 Å². The first kappa shape index (κ1) is 26.1. The molecule has 0 spiro atoms. The topological polar surface area (TPSA) is 98.3 Å². The summed E-state index contributed by atoms with van der Waals surface area (Å²) in [6.45, 7) is 7.40. The average molecular weight is 521 g/mol. The highest BCUT2D eigenvalue weighted by atomic mass is 16.5. The number of aromatic amines is 1. The molecule has 9 nitrogen and oxygen atoms in total. The van der Waals surface area contributed by atoms with Gasteiger partial charge in [0.1, 0.15) is 23.1 Å². The number of ether oxygens (including phenoxy) is 2. The van der Waals surface area contributed by atoms with Crippen molar-refractivity contribution >= 4 is 22.8 Å². The number of phenols is 1. The molecule has 202 valence electrons. The van der Waals surface area contributed by atoms with E-state index < -0.39 is 11.6 Å². The molecule has 3 amide bonds. The van der Waals surface area contributed by atoms with E-state index in [1.54, 1.807) is 37.3 Å². The largest absolute Gasteiger partial charge is 0.508 e. The molecular weight excluding hydrogens is 484 g/mol. The van der Waals surface area contributed by atoms with Gasteiger partial charge in [0.15, 0.2) is 0 Å². The predicted octanol–water partition coefficient (Wildman–Crippen LogP) is 3.91. The van der Waals surface area contributed by atoms with Crippen LogP contribution < -0.4 is 4.74 Å². The van der Waals surface area contributed by atoms with Crippen molar-refractivity contribution in [3.8, 4) is 11.5 Å². The molecule has 0 radical (unpaired) electrons. The van der Waals surface area contributed by atoms with Crippen molar-refractivity contribution in [2.75, 3.05) is 47.0 Å². The first-order chi connectivity index (χ1) is 18.3. The van der Waals surface area contributed by atoms with Crippen LogP contribution in [0.25, 0.3) is 10.9 Å². The lowest BCUT2D eigenvalue weighted by atomic mass is 9.81. The summed E-state index contributed by atoms with van der Waals surface area (Å²) in [6, 6.07) is 11.9. The number of urea groups is 1. The first-order valence-corrected chi connectivity index (χ1v) is 13.2. The highest BCUT2D eigenvalue weighted by molar-refractivity contribution is 6.08. The van der Waals surface area contributed by atoms with Gasteiger partial charge >= 0.3 is 6.03 Å². The van der Waals surface area contributed by atoms with Crippen molar-refractivity contribution in [2.24, 2.45) is 0 Å². The molecule has 38 heavy (non-hydrogen) atoms. The maximum atomic E-state index is 14.0. The molecular formula is C29H36N4O5. The molecule has 5 rings (SSSR count). The van der Waals surface area contributed by atoms with Gasteiger partial charge in [-0.2, -0.15) is 0 Å². The van der Waals surface area contributed by atoms with Crippen LogP contribution >= 0.6 is 0 Å². The second kappa shape index (κ2) is 10.3. The molecule has 2 N–H and O–H groups in total. The summed E-state index contributed by atoms with van der Waals surface area (Å²) >= 11 is 0. The number of aromatic nitrogens is 1. The molecule has 1 fully saturated rings. The van der Waals surface area contributed by atoms with Crippen LogP contribution in [0.2, 0.25) is 0 Å². The Labute approximate surface area is 222 Å². The number of carbonyl (C=O) groups is 2. The minimum Gasteiger partial charge on any atom is -0.508 e. The Kier molecular flexibility index (Phi) is 7.07. The molecule has 0 bridgehead atoms. The van der Waals surface area contributed by atoms with Crippen LogP contribution in [0.15, 0.2) is 42.5 Å². The molecule has 2 aliphatic rings. The zero-order valence-electron chi connectivity index (χ0n) is 22.5. The number of rotatable bonds is 10. The van der Waals surface area contributed by atoms with E-state index in [0.29, 0.717) is 26.0 Å². The van der Waals surface area contributed by atoms with Gasteiger partial charge in [0.05, 0.1) is 13.7 Å². The number of fused-ring (bicyclic) bond motifs is 4. The third-order valence-corrected chi connectivity index (χ3v) is 7.97. The Morgan fingerprint density at radius 1 is 1.16 bits per heavy atom. The van der Waals surface area contributed by atoms with Gasteiger partial charge in [-0.15, -0.1) is 0 Å². The fourth-order valence-electron chi connectivity index (χ4n) is 5.96. The third kappa shape index (κ3) is 4.29. The molecule has 2 atom stereocenters. The summed E-state index contributed by atoms with van der Waals surface area (Å²) in [5, 5.41) is 11.3. The number of likely N-dealkylation sites (N-methyl/N-ethyl adjacent to an activating group) is 1. The number of nitrogens with zero attached hydrogens (tertiary/aromatic N) is 3. The van der Waals surface area contributed by atoms with Crippen molar-refractivity contribution in [1.82, 2.24) is 19.7 Å². The highest BCUT2D eigenvalue weighted by Crippen LogP contribution is 2.49. The fourth-order valence-corrected chi connectivity index (χ4v) is 5.96. The number of benzene rings is 2. The van der Waals surface area contributed by atoms with E-state index in [-0.39, 0.29) is 17.7 Å². The SMILES string of the molecule is CCN(CCCN1C(=O)N2[C@H](c3cccc(O)c3)c3[nH]c4ccc(OC)cc4c3C[C@@]2(C)C1=O)CCOC. The van der Waals surface area contributed by atoms with E-state index in [4.69, 9.17) is 9.47 Å². The molecule has 0 unspecified atom stereocenters. The normalized spacial score (nSPS) is 20.9. The lowest BCUT2D eigenvalue weighted by Gasteiger charge is -2.42. The maximum absolute atomic E-state index is 14.0. The zero-order chi connectivity index (χ0) is 27.0. The van der Waals surface area contributed by atoms with Crippen LogP contribution in [0.1, 0.15) is 43.1 Å². The van der Waals surface area contributed by atoms with Crippen LogP contribution in [-0.2, 0) is 16.0 Å². The fraction of sp³-hybridized carbons (Fsp3) is 0.448. The third-order valence-electron chi connectivity index (χ3n) is 7.97. The van der Waals surface area contributed by atoms with Crippen LogP contribution in [0.4, 0.5) is 4.79 Å². The van der Waals surface area contributed by atoms with Crippen molar-refractivity contribution < 1.29 is 24.2 Å². The van der Waals surface area contributed by atoms with E-state index in [1.807, 2.05) is 31.2 Å². The van der Waals surface area contributed by atoms with Crippen molar-refractivity contribution in [1.29, 1.82) is 0 Å². The lowest BCUT2D eigenvalue weighted by molar-refractivity contribution is -0.133. The number of amides is 3. The molecule has 3 aromatic rings. The Morgan fingerprint density at radius 3 is 2.68 bits per heavy atom. The summed E-state index contributed by atoms with van der Waals surface area (Å²) in [4.78, 5) is 36.8. The number of phenolic OH excluding ortho intramolecular Hbond substituents is 1. The first-order valence-electron chi connectivity index (χ1n) is 13.2. The number of methoxy groups -OCH3 is 2. The Morgan fingerprint density at radius 2 is 1.97 bits per heavy atom. The minimum atomic E-state index is -1.06. The van der Waals surface area contributed by atoms with E-state index in [1.165, 1.54) is 4.90 Å². The summed E-state index contributed by atoms with van der Waals surface area (Å²) < 4.78 is 10.7. The van der Waals surface area contributed by atoms with E-state index in [9.17, 15) is 14.7 Å². The van der Waals surface area contributed by atoms with Crippen molar-refractivity contribution in [2.45, 2.75) is 38.3 Å². The number of aromatic hydroxyl groups is 1. The van der Waals surface area contributed by atoms with Gasteiger partial charge in [-0.25, -0.2) is 4.79 Å². The number of imide groups is 1. The molecule has 0 aliphatic carbocycles. The van der Waals surface area contributed by atoms with Gasteiger partial charge in [-0.05, 0) is 67.9 Å². The Bertz CT molecular complexity index is 1350. The summed E-state index contributed by atoms with van der Waals surface area (Å²) in [7, 11) is 3.31. The standard InChI is InChI=1S/C29H36N4O5/c1-5-31(14-15-37-3)12-7-13-32-27(35)29(2)18-23-22-17-21(38-4)10-11-24(22)30-25(23)26(33(29)28(32)36)19-8-6-9-20(34)16-19/h6,8-11,16-17,26,30,34H,5,7,12-15,18H2,1-4H3/t26-,29+/m1/s1. The quantitative estimate of drug-likeness (QED) is 0.394. The monoisotopic (exact) mass is 520 g/mol. The van der Waals surface area contributed by atoms with Crippen LogP contribution in [-0.4, -0.2) is 89.3 Å². The van der Waals surface area contributed by atoms with E-state index >= 15 is 0 Å². The molecule has 3 heterocycles. The Balaban J connectivity index is 1.53. The molecule has 9 heteroatoms. The van der Waals surface area contributed by atoms with E-state index in [0.717, 1.165) is 53.1 Å². The van der Waals surface area contributed by atoms with Gasteiger partial charge in [-0.1, -0.05) is 19.1 Å². The van der Waals surface area contributed by atoms with Crippen LogP contribution in [0.3, 0.4) is 0 Å². The van der Waals surface area contributed by atoms with Crippen LogP contribution in [0.5, 0.6) is 11.5 Å². The second-order valence-electron chi connectivity index (χ2n) is 10.3.